The highest BCUT2D eigenvalue weighted by molar-refractivity contribution is 14.1. The lowest BCUT2D eigenvalue weighted by atomic mass is 10.3. The highest BCUT2D eigenvalue weighted by Crippen LogP contribution is 2.43. The zero-order valence-electron chi connectivity index (χ0n) is 7.70. The minimum Gasteiger partial charge on any atom is -0.445 e. The first kappa shape index (κ1) is 13.2. The summed E-state index contributed by atoms with van der Waals surface area (Å²) in [5.74, 6) is 0.626. The summed E-state index contributed by atoms with van der Waals surface area (Å²) < 4.78 is 10.1. The molecule has 1 unspecified atom stereocenters. The third kappa shape index (κ3) is 7.31. The Labute approximate surface area is 93.9 Å². The van der Waals surface area contributed by atoms with Crippen molar-refractivity contribution in [3.05, 3.63) is 24.5 Å². The predicted molar refractivity (Wildman–Crippen MR) is 67.6 cm³/mol. The van der Waals surface area contributed by atoms with Gasteiger partial charge in [-0.15, -0.1) is 0 Å². The molecule has 0 aliphatic carbocycles. The van der Waals surface area contributed by atoms with E-state index < -0.39 is 7.49 Å². The Morgan fingerprint density at radius 1 is 1.69 bits per heavy atom. The molecule has 1 atom stereocenters. The van der Waals surface area contributed by atoms with Crippen LogP contribution >= 0.6 is 30.5 Å². The maximum absolute atomic E-state index is 5.59. The van der Waals surface area contributed by atoms with Crippen molar-refractivity contribution in [2.45, 2.75) is 19.8 Å². The molecule has 0 saturated heterocycles. The summed E-state index contributed by atoms with van der Waals surface area (Å²) in [5, 5.41) is 0. The van der Waals surface area contributed by atoms with E-state index in [2.05, 4.69) is 12.9 Å². The summed E-state index contributed by atoms with van der Waals surface area (Å²) in [6.07, 6.45) is 9.29. The smallest absolute Gasteiger partial charge is 0.243 e. The summed E-state index contributed by atoms with van der Waals surface area (Å²) in [6, 6.07) is 0. The Kier molecular flexibility index (Phi) is 6.77. The number of allylic oxidation sites excluding steroid dienone is 3. The average Bonchev–Trinajstić information content (AvgIpc) is 2.04. The van der Waals surface area contributed by atoms with E-state index in [1.54, 1.807) is 23.0 Å². The third-order valence-electron chi connectivity index (χ3n) is 1.23. The van der Waals surface area contributed by atoms with E-state index in [1.807, 2.05) is 19.1 Å². The fourth-order valence-electron chi connectivity index (χ4n) is 0.689. The van der Waals surface area contributed by atoms with Crippen molar-refractivity contribution in [1.82, 2.24) is 0 Å². The van der Waals surface area contributed by atoms with Crippen molar-refractivity contribution in [2.75, 3.05) is 0 Å². The van der Waals surface area contributed by atoms with Crippen LogP contribution in [-0.4, -0.2) is 6.30 Å². The van der Waals surface area contributed by atoms with Crippen molar-refractivity contribution in [3.8, 4) is 0 Å². The number of hydrogen-bond donors (Lipinski definition) is 1. The van der Waals surface area contributed by atoms with Gasteiger partial charge in [-0.2, -0.15) is 0 Å². The minimum absolute atomic E-state index is 0.626. The van der Waals surface area contributed by atoms with Crippen LogP contribution in [0.4, 0.5) is 0 Å². The van der Waals surface area contributed by atoms with Crippen LogP contribution in [0.2, 0.25) is 0 Å². The average molecular weight is 315 g/mol. The largest absolute Gasteiger partial charge is 0.445 e. The van der Waals surface area contributed by atoms with E-state index in [0.717, 1.165) is 12.8 Å². The van der Waals surface area contributed by atoms with Gasteiger partial charge in [0.1, 0.15) is 23.0 Å². The van der Waals surface area contributed by atoms with Gasteiger partial charge in [0.15, 0.2) is 0 Å². The molecular weight excluding hydrogens is 300 g/mol. The topological polar surface area (TPSA) is 44.5 Å². The maximum atomic E-state index is 5.59. The highest BCUT2D eigenvalue weighted by Gasteiger charge is 2.09. The summed E-state index contributed by atoms with van der Waals surface area (Å²) in [5.41, 5.74) is 5.59. The van der Waals surface area contributed by atoms with E-state index in [1.165, 1.54) is 0 Å². The fourth-order valence-corrected chi connectivity index (χ4v) is 1.49. The second kappa shape index (κ2) is 6.65. The molecule has 0 saturated carbocycles. The van der Waals surface area contributed by atoms with Crippen LogP contribution in [-0.2, 0) is 7.38 Å². The molecule has 0 aromatic rings. The molecule has 0 aliphatic rings. The Morgan fingerprint density at radius 2 is 2.31 bits per heavy atom. The van der Waals surface area contributed by atoms with E-state index in [0.29, 0.717) is 5.76 Å². The van der Waals surface area contributed by atoms with Gasteiger partial charge in [0.05, 0.1) is 5.76 Å². The summed E-state index contributed by atoms with van der Waals surface area (Å²) in [6.45, 7) is 5.70. The fraction of sp³-hybridized carbons (Fsp3) is 0.375. The van der Waals surface area contributed by atoms with Crippen LogP contribution in [0.25, 0.3) is 0 Å². The molecule has 13 heavy (non-hydrogen) atoms. The third-order valence-corrected chi connectivity index (χ3v) is 4.03. The van der Waals surface area contributed by atoms with Gasteiger partial charge < -0.3 is 4.52 Å². The summed E-state index contributed by atoms with van der Waals surface area (Å²) >= 11 is 1.69. The second-order valence-corrected chi connectivity index (χ2v) is 5.49. The van der Waals surface area contributed by atoms with Gasteiger partial charge in [0.25, 0.3) is 0 Å². The number of nitrogens with two attached hydrogens (primary N) is 1. The van der Waals surface area contributed by atoms with E-state index >= 15 is 0 Å². The molecule has 76 valence electrons. The number of hydrogen-bond acceptors (Lipinski definition) is 3. The molecule has 0 bridgehead atoms. The highest BCUT2D eigenvalue weighted by atomic mass is 127. The second-order valence-electron chi connectivity index (χ2n) is 2.53. The molecule has 0 spiro atoms. The van der Waals surface area contributed by atoms with Crippen LogP contribution in [0.5, 0.6) is 0 Å². The van der Waals surface area contributed by atoms with Crippen LogP contribution in [0.1, 0.15) is 19.8 Å². The van der Waals surface area contributed by atoms with E-state index in [4.69, 9.17) is 12.9 Å². The van der Waals surface area contributed by atoms with Gasteiger partial charge in [-0.05, 0) is 19.6 Å². The first-order chi connectivity index (χ1) is 6.02. The van der Waals surface area contributed by atoms with E-state index in [9.17, 15) is 0 Å². The summed E-state index contributed by atoms with van der Waals surface area (Å²) in [4.78, 5) is 0. The van der Waals surface area contributed by atoms with Gasteiger partial charge in [-0.3, -0.25) is 5.50 Å². The molecule has 3 nitrogen and oxygen atoms in total. The molecule has 0 heterocycles. The van der Waals surface area contributed by atoms with Crippen molar-refractivity contribution >= 4 is 36.8 Å². The van der Waals surface area contributed by atoms with Crippen molar-refractivity contribution in [2.24, 2.45) is 5.50 Å². The van der Waals surface area contributed by atoms with Gasteiger partial charge in [-0.1, -0.05) is 18.7 Å². The number of rotatable bonds is 6. The molecule has 0 aromatic heterocycles. The SMILES string of the molecule is C=C(CC/C=C\C)OP(=C)(N)OI. The Balaban J connectivity index is 3.81. The van der Waals surface area contributed by atoms with Crippen molar-refractivity contribution in [3.63, 3.8) is 0 Å². The van der Waals surface area contributed by atoms with Crippen LogP contribution in [0, 0.1) is 0 Å². The van der Waals surface area contributed by atoms with Crippen molar-refractivity contribution in [1.29, 1.82) is 0 Å². The zero-order chi connectivity index (χ0) is 10.3. The maximum Gasteiger partial charge on any atom is 0.243 e. The van der Waals surface area contributed by atoms with Gasteiger partial charge in [-0.25, -0.2) is 2.85 Å². The predicted octanol–water partition coefficient (Wildman–Crippen LogP) is 3.39. The molecule has 0 radical (unpaired) electrons. The number of halogens is 1. The molecule has 0 amide bonds. The Bertz CT molecular complexity index is 240. The monoisotopic (exact) mass is 315 g/mol. The zero-order valence-corrected chi connectivity index (χ0v) is 10.8. The first-order valence-electron chi connectivity index (χ1n) is 3.82. The molecule has 0 fully saturated rings. The normalized spacial score (nSPS) is 15.6. The molecular formula is C8H15INO2P. The lowest BCUT2D eigenvalue weighted by Gasteiger charge is -2.17. The molecule has 2 N–H and O–H groups in total. The van der Waals surface area contributed by atoms with Gasteiger partial charge in [0, 0.05) is 6.42 Å². The van der Waals surface area contributed by atoms with E-state index in [-0.39, 0.29) is 0 Å². The Morgan fingerprint density at radius 3 is 2.77 bits per heavy atom. The Hall–Kier alpha value is 0.230. The summed E-state index contributed by atoms with van der Waals surface area (Å²) in [7, 11) is -2.42. The van der Waals surface area contributed by atoms with Gasteiger partial charge >= 0.3 is 0 Å². The lowest BCUT2D eigenvalue weighted by molar-refractivity contribution is 0.411. The molecule has 5 heteroatoms. The van der Waals surface area contributed by atoms with Crippen molar-refractivity contribution < 1.29 is 7.38 Å². The minimum atomic E-state index is -2.42. The molecule has 0 aromatic carbocycles. The first-order valence-corrected chi connectivity index (χ1v) is 6.58. The van der Waals surface area contributed by atoms with Gasteiger partial charge in [0.2, 0.25) is 7.49 Å². The lowest BCUT2D eigenvalue weighted by Crippen LogP contribution is -1.99. The molecule has 0 rings (SSSR count). The van der Waals surface area contributed by atoms with Crippen LogP contribution in [0.3, 0.4) is 0 Å². The quantitative estimate of drug-likeness (QED) is 0.354. The standard InChI is InChI=1S/C8H15INO2P/c1-4-5-6-7-8(2)11-13(3,10)12-9/h4-5H,2-3,6-7,10H2,1H3/b5-4-. The molecule has 0 aliphatic heterocycles. The van der Waals surface area contributed by atoms with Crippen LogP contribution < -0.4 is 5.50 Å². The van der Waals surface area contributed by atoms with Crippen LogP contribution in [0.15, 0.2) is 24.5 Å².